The Morgan fingerprint density at radius 1 is 1.29 bits per heavy atom. The largest absolute Gasteiger partial charge is 0.376 e. The van der Waals surface area contributed by atoms with Crippen LogP contribution in [0.15, 0.2) is 0 Å². The zero-order valence-electron chi connectivity index (χ0n) is 9.15. The van der Waals surface area contributed by atoms with Crippen LogP contribution in [0.3, 0.4) is 0 Å². The average molecular weight is 202 g/mol. The first-order chi connectivity index (χ1) is 6.57. The lowest BCUT2D eigenvalue weighted by Crippen LogP contribution is -2.35. The lowest BCUT2D eigenvalue weighted by molar-refractivity contribution is -0.216. The molecular weight excluding hydrogens is 184 g/mol. The van der Waals surface area contributed by atoms with Crippen molar-refractivity contribution in [2.24, 2.45) is 0 Å². The summed E-state index contributed by atoms with van der Waals surface area (Å²) >= 11 is 0. The van der Waals surface area contributed by atoms with E-state index in [1.165, 1.54) is 0 Å². The molecule has 0 amide bonds. The number of ether oxygens (including phenoxy) is 4. The van der Waals surface area contributed by atoms with Crippen LogP contribution in [0.25, 0.3) is 0 Å². The minimum atomic E-state index is -0.551. The maximum atomic E-state index is 5.74. The van der Waals surface area contributed by atoms with E-state index in [2.05, 4.69) is 6.92 Å². The van der Waals surface area contributed by atoms with E-state index in [1.807, 2.05) is 13.8 Å². The second kappa shape index (κ2) is 3.45. The molecular formula is C10H18O4. The van der Waals surface area contributed by atoms with Crippen LogP contribution in [0.5, 0.6) is 0 Å². The predicted molar refractivity (Wildman–Crippen MR) is 49.8 cm³/mol. The summed E-state index contributed by atoms with van der Waals surface area (Å²) in [4.78, 5) is 0. The third kappa shape index (κ3) is 1.56. The van der Waals surface area contributed by atoms with Gasteiger partial charge in [-0.25, -0.2) is 0 Å². The topological polar surface area (TPSA) is 36.9 Å². The SMILES string of the molecule is CC[C@@H]1O[C@H]2OC(C)(C)O[C@H]2[C@@H]1OC. The van der Waals surface area contributed by atoms with Gasteiger partial charge in [0.15, 0.2) is 12.1 Å². The number of fused-ring (bicyclic) bond motifs is 1. The molecule has 0 spiro atoms. The zero-order valence-corrected chi connectivity index (χ0v) is 9.15. The second-order valence-corrected chi connectivity index (χ2v) is 4.25. The van der Waals surface area contributed by atoms with E-state index in [1.54, 1.807) is 7.11 Å². The monoisotopic (exact) mass is 202 g/mol. The van der Waals surface area contributed by atoms with Crippen LogP contribution in [0.4, 0.5) is 0 Å². The Bertz CT molecular complexity index is 216. The minimum absolute atomic E-state index is 0.00762. The van der Waals surface area contributed by atoms with Gasteiger partial charge in [0.05, 0.1) is 6.10 Å². The Morgan fingerprint density at radius 3 is 2.57 bits per heavy atom. The molecule has 2 saturated heterocycles. The van der Waals surface area contributed by atoms with E-state index in [4.69, 9.17) is 18.9 Å². The first-order valence-corrected chi connectivity index (χ1v) is 5.11. The lowest BCUT2D eigenvalue weighted by Gasteiger charge is -2.24. The summed E-state index contributed by atoms with van der Waals surface area (Å²) in [5.41, 5.74) is 0. The Kier molecular flexibility index (Phi) is 2.55. The number of hydrogen-bond donors (Lipinski definition) is 0. The average Bonchev–Trinajstić information content (AvgIpc) is 2.55. The molecule has 4 heteroatoms. The first kappa shape index (κ1) is 10.4. The predicted octanol–water partition coefficient (Wildman–Crippen LogP) is 1.29. The molecule has 2 aliphatic rings. The van der Waals surface area contributed by atoms with Crippen LogP contribution in [0.1, 0.15) is 27.2 Å². The van der Waals surface area contributed by atoms with Gasteiger partial charge in [-0.05, 0) is 20.3 Å². The molecule has 0 aromatic heterocycles. The molecule has 0 unspecified atom stereocenters. The van der Waals surface area contributed by atoms with E-state index in [9.17, 15) is 0 Å². The summed E-state index contributed by atoms with van der Waals surface area (Å²) in [5, 5.41) is 0. The van der Waals surface area contributed by atoms with Crippen molar-refractivity contribution in [3.05, 3.63) is 0 Å². The van der Waals surface area contributed by atoms with Crippen LogP contribution < -0.4 is 0 Å². The molecule has 4 nitrogen and oxygen atoms in total. The third-order valence-corrected chi connectivity index (χ3v) is 2.76. The molecule has 0 N–H and O–H groups in total. The maximum absolute atomic E-state index is 5.74. The Morgan fingerprint density at radius 2 is 2.00 bits per heavy atom. The number of methoxy groups -OCH3 is 1. The van der Waals surface area contributed by atoms with Crippen molar-refractivity contribution in [3.63, 3.8) is 0 Å². The molecule has 14 heavy (non-hydrogen) atoms. The fourth-order valence-electron chi connectivity index (χ4n) is 2.16. The third-order valence-electron chi connectivity index (χ3n) is 2.76. The standard InChI is InChI=1S/C10H18O4/c1-5-6-7(11-4)8-9(12-6)14-10(2,3)13-8/h6-9H,5H2,1-4H3/t6-,7+,8-,9-/m0/s1. The zero-order chi connectivity index (χ0) is 10.3. The van der Waals surface area contributed by atoms with Crippen molar-refractivity contribution < 1.29 is 18.9 Å². The first-order valence-electron chi connectivity index (χ1n) is 5.11. The quantitative estimate of drug-likeness (QED) is 0.676. The molecule has 2 aliphatic heterocycles. The summed E-state index contributed by atoms with van der Waals surface area (Å²) in [7, 11) is 1.69. The van der Waals surface area contributed by atoms with Crippen molar-refractivity contribution in [2.45, 2.75) is 57.6 Å². The van der Waals surface area contributed by atoms with Gasteiger partial charge in [-0.15, -0.1) is 0 Å². The van der Waals surface area contributed by atoms with Crippen molar-refractivity contribution in [3.8, 4) is 0 Å². The van der Waals surface area contributed by atoms with Crippen LogP contribution in [0, 0.1) is 0 Å². The van der Waals surface area contributed by atoms with E-state index < -0.39 is 5.79 Å². The summed E-state index contributed by atoms with van der Waals surface area (Å²) in [6, 6.07) is 0. The fraction of sp³-hybridized carbons (Fsp3) is 1.00. The molecule has 0 aromatic carbocycles. The van der Waals surface area contributed by atoms with Crippen LogP contribution >= 0.6 is 0 Å². The van der Waals surface area contributed by atoms with E-state index in [0.29, 0.717) is 0 Å². The van der Waals surface area contributed by atoms with E-state index >= 15 is 0 Å². The highest BCUT2D eigenvalue weighted by molar-refractivity contribution is 4.93. The van der Waals surface area contributed by atoms with Gasteiger partial charge >= 0.3 is 0 Å². The summed E-state index contributed by atoms with van der Waals surface area (Å²) < 4.78 is 22.4. The van der Waals surface area contributed by atoms with Crippen molar-refractivity contribution >= 4 is 0 Å². The number of rotatable bonds is 2. The van der Waals surface area contributed by atoms with E-state index in [-0.39, 0.29) is 24.6 Å². The highest BCUT2D eigenvalue weighted by Crippen LogP contribution is 2.39. The second-order valence-electron chi connectivity index (χ2n) is 4.25. The van der Waals surface area contributed by atoms with Crippen LogP contribution in [-0.4, -0.2) is 37.5 Å². The van der Waals surface area contributed by atoms with Gasteiger partial charge in [0.25, 0.3) is 0 Å². The summed E-state index contributed by atoms with van der Waals surface area (Å²) in [5.74, 6) is -0.551. The van der Waals surface area contributed by atoms with Crippen molar-refractivity contribution in [2.75, 3.05) is 7.11 Å². The van der Waals surface area contributed by atoms with Gasteiger partial charge in [-0.2, -0.15) is 0 Å². The molecule has 2 fully saturated rings. The van der Waals surface area contributed by atoms with Gasteiger partial charge in [-0.3, -0.25) is 0 Å². The minimum Gasteiger partial charge on any atom is -0.376 e. The summed E-state index contributed by atoms with van der Waals surface area (Å²) in [6.45, 7) is 5.85. The van der Waals surface area contributed by atoms with Crippen LogP contribution in [0.2, 0.25) is 0 Å². The molecule has 0 aromatic rings. The summed E-state index contributed by atoms with van der Waals surface area (Å²) in [6.07, 6.45) is 0.649. The molecule has 82 valence electrons. The Hall–Kier alpha value is -0.160. The smallest absolute Gasteiger partial charge is 0.190 e. The molecule has 4 atom stereocenters. The van der Waals surface area contributed by atoms with Gasteiger partial charge in [-0.1, -0.05) is 6.92 Å². The van der Waals surface area contributed by atoms with Gasteiger partial charge < -0.3 is 18.9 Å². The highest BCUT2D eigenvalue weighted by Gasteiger charge is 2.54. The molecule has 2 rings (SSSR count). The molecule has 0 aliphatic carbocycles. The van der Waals surface area contributed by atoms with Gasteiger partial charge in [0.1, 0.15) is 12.2 Å². The molecule has 0 bridgehead atoms. The highest BCUT2D eigenvalue weighted by atomic mass is 16.8. The Labute approximate surface area is 84.5 Å². The van der Waals surface area contributed by atoms with Crippen molar-refractivity contribution in [1.82, 2.24) is 0 Å². The molecule has 0 radical (unpaired) electrons. The van der Waals surface area contributed by atoms with Gasteiger partial charge in [0.2, 0.25) is 0 Å². The Balaban J connectivity index is 2.09. The lowest BCUT2D eigenvalue weighted by atomic mass is 10.1. The fourth-order valence-corrected chi connectivity index (χ4v) is 2.16. The normalized spacial score (nSPS) is 45.4. The van der Waals surface area contributed by atoms with Crippen molar-refractivity contribution in [1.29, 1.82) is 0 Å². The number of hydrogen-bond acceptors (Lipinski definition) is 4. The molecule has 0 saturated carbocycles. The maximum Gasteiger partial charge on any atom is 0.190 e. The van der Waals surface area contributed by atoms with E-state index in [0.717, 1.165) is 6.42 Å². The van der Waals surface area contributed by atoms with Crippen LogP contribution in [-0.2, 0) is 18.9 Å². The molecule has 2 heterocycles. The van der Waals surface area contributed by atoms with Gasteiger partial charge in [0, 0.05) is 7.11 Å².